The van der Waals surface area contributed by atoms with Gasteiger partial charge in [-0.15, -0.1) is 0 Å². The van der Waals surface area contributed by atoms with Gasteiger partial charge in [-0.05, 0) is 48.7 Å². The Balaban J connectivity index is 2.64. The molecule has 0 aliphatic rings. The molecule has 0 unspecified atom stereocenters. The first-order valence-electron chi connectivity index (χ1n) is 5.24. The molecule has 1 nitrogen and oxygen atoms in total. The smallest absolute Gasteiger partial charge is 0.134 e. The summed E-state index contributed by atoms with van der Waals surface area (Å²) < 4.78 is 13.9. The molecule has 2 rings (SSSR count). The maximum Gasteiger partial charge on any atom is 0.134 e. The molecule has 0 spiro atoms. The summed E-state index contributed by atoms with van der Waals surface area (Å²) in [7, 11) is 0. The Morgan fingerprint density at radius 1 is 1.12 bits per heavy atom. The van der Waals surface area contributed by atoms with Crippen molar-refractivity contribution in [1.29, 1.82) is 0 Å². The van der Waals surface area contributed by atoms with Gasteiger partial charge in [0.1, 0.15) is 11.6 Å². The van der Waals surface area contributed by atoms with Crippen LogP contribution in [0.2, 0.25) is 5.02 Å². The minimum atomic E-state index is -0.288. The van der Waals surface area contributed by atoms with Crippen LogP contribution in [0.3, 0.4) is 0 Å². The summed E-state index contributed by atoms with van der Waals surface area (Å²) in [6.45, 7) is 3.69. The molecule has 0 saturated carbocycles. The number of hydrogen-bond donors (Lipinski definition) is 1. The van der Waals surface area contributed by atoms with E-state index in [4.69, 9.17) is 11.6 Å². The van der Waals surface area contributed by atoms with E-state index in [1.807, 2.05) is 19.9 Å². The summed E-state index contributed by atoms with van der Waals surface area (Å²) in [4.78, 5) is 0. The SMILES string of the molecule is Cc1cc(C)c(-c2ccc(Cl)c(O)c2)c(F)c1. The van der Waals surface area contributed by atoms with E-state index in [0.29, 0.717) is 11.1 Å². The molecule has 0 amide bonds. The fourth-order valence-electron chi connectivity index (χ4n) is 1.95. The molecule has 3 heteroatoms. The van der Waals surface area contributed by atoms with Crippen LogP contribution in [0.1, 0.15) is 11.1 Å². The third-order valence-corrected chi connectivity index (χ3v) is 2.99. The zero-order valence-corrected chi connectivity index (χ0v) is 10.3. The van der Waals surface area contributed by atoms with Crippen LogP contribution >= 0.6 is 11.6 Å². The predicted molar refractivity (Wildman–Crippen MR) is 68.0 cm³/mol. The number of phenolic OH excluding ortho intramolecular Hbond substituents is 1. The second-order valence-electron chi connectivity index (χ2n) is 4.10. The minimum absolute atomic E-state index is 0.0384. The van der Waals surface area contributed by atoms with Crippen molar-refractivity contribution in [2.45, 2.75) is 13.8 Å². The quantitative estimate of drug-likeness (QED) is 0.792. The molecule has 0 saturated heterocycles. The predicted octanol–water partition coefficient (Wildman–Crippen LogP) is 4.47. The van der Waals surface area contributed by atoms with Crippen molar-refractivity contribution in [2.75, 3.05) is 0 Å². The van der Waals surface area contributed by atoms with Gasteiger partial charge in [0.25, 0.3) is 0 Å². The first kappa shape index (κ1) is 11.9. The molecule has 0 bridgehead atoms. The van der Waals surface area contributed by atoms with Crippen molar-refractivity contribution < 1.29 is 9.50 Å². The summed E-state index contributed by atoms with van der Waals surface area (Å²) in [6.07, 6.45) is 0. The second-order valence-corrected chi connectivity index (χ2v) is 4.51. The summed E-state index contributed by atoms with van der Waals surface area (Å²) in [6, 6.07) is 8.12. The maximum atomic E-state index is 13.9. The van der Waals surface area contributed by atoms with Gasteiger partial charge in [-0.1, -0.05) is 23.7 Å². The number of halogens is 2. The zero-order valence-electron chi connectivity index (χ0n) is 9.59. The van der Waals surface area contributed by atoms with Gasteiger partial charge >= 0.3 is 0 Å². The van der Waals surface area contributed by atoms with E-state index >= 15 is 0 Å². The highest BCUT2D eigenvalue weighted by atomic mass is 35.5. The first-order valence-corrected chi connectivity index (χ1v) is 5.62. The number of aromatic hydroxyl groups is 1. The van der Waals surface area contributed by atoms with Gasteiger partial charge in [-0.25, -0.2) is 4.39 Å². The highest BCUT2D eigenvalue weighted by Gasteiger charge is 2.11. The van der Waals surface area contributed by atoms with Gasteiger partial charge in [0.15, 0.2) is 0 Å². The van der Waals surface area contributed by atoms with Crippen molar-refractivity contribution in [3.8, 4) is 16.9 Å². The third-order valence-electron chi connectivity index (χ3n) is 2.67. The van der Waals surface area contributed by atoms with Gasteiger partial charge in [0.2, 0.25) is 0 Å². The molecule has 0 radical (unpaired) electrons. The minimum Gasteiger partial charge on any atom is -0.506 e. The van der Waals surface area contributed by atoms with Gasteiger partial charge in [-0.2, -0.15) is 0 Å². The van der Waals surface area contributed by atoms with Gasteiger partial charge in [0.05, 0.1) is 5.02 Å². The van der Waals surface area contributed by atoms with Crippen LogP contribution in [-0.4, -0.2) is 5.11 Å². The zero-order chi connectivity index (χ0) is 12.6. The van der Waals surface area contributed by atoms with Crippen molar-refractivity contribution in [2.24, 2.45) is 0 Å². The first-order chi connectivity index (χ1) is 7.99. The Labute approximate surface area is 104 Å². The number of hydrogen-bond acceptors (Lipinski definition) is 1. The number of phenols is 1. The third kappa shape index (κ3) is 2.27. The Kier molecular flexibility index (Phi) is 3.07. The van der Waals surface area contributed by atoms with Crippen LogP contribution in [0, 0.1) is 19.7 Å². The van der Waals surface area contributed by atoms with E-state index in [1.165, 1.54) is 12.1 Å². The Morgan fingerprint density at radius 2 is 1.82 bits per heavy atom. The monoisotopic (exact) mass is 250 g/mol. The normalized spacial score (nSPS) is 10.6. The second kappa shape index (κ2) is 4.38. The lowest BCUT2D eigenvalue weighted by molar-refractivity contribution is 0.476. The summed E-state index contributed by atoms with van der Waals surface area (Å²) in [5.41, 5.74) is 2.84. The van der Waals surface area contributed by atoms with E-state index in [9.17, 15) is 9.50 Å². The van der Waals surface area contributed by atoms with Crippen molar-refractivity contribution in [1.82, 2.24) is 0 Å². The molecule has 1 N–H and O–H groups in total. The number of benzene rings is 2. The number of rotatable bonds is 1. The molecule has 0 aliphatic carbocycles. The van der Waals surface area contributed by atoms with Crippen molar-refractivity contribution >= 4 is 11.6 Å². The van der Waals surface area contributed by atoms with Crippen LogP contribution in [0.5, 0.6) is 5.75 Å². The largest absolute Gasteiger partial charge is 0.506 e. The molecule has 0 heterocycles. The fourth-order valence-corrected chi connectivity index (χ4v) is 2.07. The molecule has 2 aromatic rings. The van der Waals surface area contributed by atoms with Gasteiger partial charge in [0, 0.05) is 5.56 Å². The summed E-state index contributed by atoms with van der Waals surface area (Å²) >= 11 is 5.73. The average Bonchev–Trinajstić information content (AvgIpc) is 2.21. The van der Waals surface area contributed by atoms with Crippen molar-refractivity contribution in [3.05, 3.63) is 52.3 Å². The Morgan fingerprint density at radius 3 is 2.41 bits per heavy atom. The lowest BCUT2D eigenvalue weighted by Crippen LogP contribution is -1.90. The Hall–Kier alpha value is -1.54. The maximum absolute atomic E-state index is 13.9. The topological polar surface area (TPSA) is 20.2 Å². The molecule has 17 heavy (non-hydrogen) atoms. The molecular formula is C14H12ClFO. The average molecular weight is 251 g/mol. The van der Waals surface area contributed by atoms with Crippen LogP contribution in [0.4, 0.5) is 4.39 Å². The van der Waals surface area contributed by atoms with E-state index in [2.05, 4.69) is 0 Å². The lowest BCUT2D eigenvalue weighted by Gasteiger charge is -2.10. The standard InChI is InChI=1S/C14H12ClFO/c1-8-5-9(2)14(12(16)6-8)10-3-4-11(15)13(17)7-10/h3-7,17H,1-2H3. The summed E-state index contributed by atoms with van der Waals surface area (Å²) in [5, 5.41) is 9.81. The lowest BCUT2D eigenvalue weighted by atomic mass is 9.98. The van der Waals surface area contributed by atoms with E-state index in [1.54, 1.807) is 12.1 Å². The van der Waals surface area contributed by atoms with Crippen LogP contribution in [0.15, 0.2) is 30.3 Å². The molecule has 0 aliphatic heterocycles. The number of aryl methyl sites for hydroxylation is 2. The van der Waals surface area contributed by atoms with E-state index < -0.39 is 0 Å². The molecule has 0 aromatic heterocycles. The highest BCUT2D eigenvalue weighted by molar-refractivity contribution is 6.32. The van der Waals surface area contributed by atoms with Crippen LogP contribution < -0.4 is 0 Å². The highest BCUT2D eigenvalue weighted by Crippen LogP contribution is 2.33. The van der Waals surface area contributed by atoms with Crippen molar-refractivity contribution in [3.63, 3.8) is 0 Å². The van der Waals surface area contributed by atoms with Crippen LogP contribution in [0.25, 0.3) is 11.1 Å². The Bertz CT molecular complexity index is 555. The molecule has 2 aromatic carbocycles. The van der Waals surface area contributed by atoms with Gasteiger partial charge < -0.3 is 5.11 Å². The van der Waals surface area contributed by atoms with E-state index in [0.717, 1.165) is 11.1 Å². The molecule has 88 valence electrons. The molecule has 0 fully saturated rings. The molecular weight excluding hydrogens is 239 g/mol. The van der Waals surface area contributed by atoms with Crippen LogP contribution in [-0.2, 0) is 0 Å². The van der Waals surface area contributed by atoms with E-state index in [-0.39, 0.29) is 16.6 Å². The van der Waals surface area contributed by atoms with Gasteiger partial charge in [-0.3, -0.25) is 0 Å². The summed E-state index contributed by atoms with van der Waals surface area (Å²) in [5.74, 6) is -0.326. The fraction of sp³-hybridized carbons (Fsp3) is 0.143. The molecule has 0 atom stereocenters.